The fourth-order valence-corrected chi connectivity index (χ4v) is 2.41. The Labute approximate surface area is 145 Å². The third-order valence-electron chi connectivity index (χ3n) is 3.66. The van der Waals surface area contributed by atoms with Crippen molar-refractivity contribution in [1.29, 1.82) is 5.41 Å². The molecule has 0 heterocycles. The van der Waals surface area contributed by atoms with E-state index in [9.17, 15) is 0 Å². The zero-order valence-electron chi connectivity index (χ0n) is 14.1. The van der Waals surface area contributed by atoms with Crippen molar-refractivity contribution in [3.63, 3.8) is 0 Å². The molecule has 23 heavy (non-hydrogen) atoms. The summed E-state index contributed by atoms with van der Waals surface area (Å²) in [5.41, 5.74) is 4.99. The summed E-state index contributed by atoms with van der Waals surface area (Å²) in [5, 5.41) is 8.89. The lowest BCUT2D eigenvalue weighted by atomic mass is 10.0. The topological polar surface area (TPSA) is 35.9 Å². The maximum Gasteiger partial charge on any atom is 0.0380 e. The molecule has 0 aliphatic rings. The van der Waals surface area contributed by atoms with Crippen LogP contribution in [0.25, 0.3) is 11.1 Å². The lowest BCUT2D eigenvalue weighted by Crippen LogP contribution is -1.97. The lowest BCUT2D eigenvalue weighted by Gasteiger charge is -2.10. The van der Waals surface area contributed by atoms with Gasteiger partial charge in [0.05, 0.1) is 0 Å². The van der Waals surface area contributed by atoms with Crippen molar-refractivity contribution in [3.8, 4) is 11.1 Å². The van der Waals surface area contributed by atoms with Crippen LogP contribution in [0.15, 0.2) is 65.2 Å². The van der Waals surface area contributed by atoms with Gasteiger partial charge < -0.3 is 10.7 Å². The molecule has 0 amide bonds. The molecule has 0 aromatic heterocycles. The van der Waals surface area contributed by atoms with Gasteiger partial charge in [-0.1, -0.05) is 50.6 Å². The molecule has 122 valence electrons. The van der Waals surface area contributed by atoms with Gasteiger partial charge >= 0.3 is 0 Å². The molecule has 2 rings (SSSR count). The summed E-state index contributed by atoms with van der Waals surface area (Å²) in [4.78, 5) is 0.989. The fourth-order valence-electron chi connectivity index (χ4n) is 2.27. The maximum atomic E-state index is 5.50. The number of hydrogen-bond acceptors (Lipinski definition) is 3. The average Bonchev–Trinajstić information content (AvgIpc) is 2.58. The van der Waals surface area contributed by atoms with Gasteiger partial charge in [-0.15, -0.1) is 12.6 Å². The second-order valence-corrected chi connectivity index (χ2v) is 6.01. The Morgan fingerprint density at radius 1 is 1.04 bits per heavy atom. The minimum Gasteiger partial charge on any atom is -0.362 e. The van der Waals surface area contributed by atoms with Gasteiger partial charge in [0.2, 0.25) is 0 Å². The van der Waals surface area contributed by atoms with Gasteiger partial charge in [0.25, 0.3) is 0 Å². The van der Waals surface area contributed by atoms with Gasteiger partial charge in [0, 0.05) is 16.8 Å². The third kappa shape index (κ3) is 5.95. The van der Waals surface area contributed by atoms with Crippen molar-refractivity contribution in [2.45, 2.75) is 32.1 Å². The highest BCUT2D eigenvalue weighted by atomic mass is 32.1. The number of benzene rings is 2. The van der Waals surface area contributed by atoms with E-state index in [1.54, 1.807) is 0 Å². The first-order valence-electron chi connectivity index (χ1n) is 7.80. The zero-order chi connectivity index (χ0) is 17.2. The second-order valence-electron chi connectivity index (χ2n) is 5.50. The van der Waals surface area contributed by atoms with Crippen LogP contribution in [0.1, 0.15) is 27.2 Å². The van der Waals surface area contributed by atoms with Gasteiger partial charge in [-0.05, 0) is 54.4 Å². The smallest absolute Gasteiger partial charge is 0.0380 e. The van der Waals surface area contributed by atoms with E-state index in [1.807, 2.05) is 12.1 Å². The predicted octanol–water partition coefficient (Wildman–Crippen LogP) is 6.27. The standard InChI is InChI=1S/C19H23NS.CH3N/c1-4-15(14(2)3)13-20-18-9-5-16(6-10-18)17-7-11-19(21)12-8-17;1-2/h5-14,20-21H,4H2,1-3H3;2H,1H2/b15-13+;. The van der Waals surface area contributed by atoms with Crippen LogP contribution in [0.5, 0.6) is 0 Å². The van der Waals surface area contributed by atoms with Crippen LogP contribution in [0.3, 0.4) is 0 Å². The molecular formula is C20H26N2S. The van der Waals surface area contributed by atoms with Crippen molar-refractivity contribution in [2.75, 3.05) is 5.32 Å². The zero-order valence-corrected chi connectivity index (χ0v) is 15.0. The molecule has 0 aliphatic heterocycles. The molecule has 2 aromatic rings. The summed E-state index contributed by atoms with van der Waals surface area (Å²) in [6.45, 7) is 9.15. The van der Waals surface area contributed by atoms with Crippen LogP contribution in [0.2, 0.25) is 0 Å². The number of allylic oxidation sites excluding steroid dienone is 1. The number of hydrogen-bond donors (Lipinski definition) is 3. The highest BCUT2D eigenvalue weighted by Crippen LogP contribution is 2.23. The van der Waals surface area contributed by atoms with Crippen LogP contribution in [-0.2, 0) is 0 Å². The molecule has 0 spiro atoms. The third-order valence-corrected chi connectivity index (χ3v) is 3.96. The molecule has 0 aliphatic carbocycles. The molecule has 2 N–H and O–H groups in total. The number of nitrogens with one attached hydrogen (secondary N) is 2. The molecule has 0 bridgehead atoms. The highest BCUT2D eigenvalue weighted by Gasteiger charge is 2.01. The van der Waals surface area contributed by atoms with Crippen LogP contribution in [0, 0.1) is 11.3 Å². The summed E-state index contributed by atoms with van der Waals surface area (Å²) in [6, 6.07) is 16.8. The van der Waals surface area contributed by atoms with Crippen LogP contribution >= 0.6 is 12.6 Å². The van der Waals surface area contributed by atoms with Gasteiger partial charge in [0.1, 0.15) is 0 Å². The Morgan fingerprint density at radius 3 is 1.96 bits per heavy atom. The monoisotopic (exact) mass is 326 g/mol. The molecular weight excluding hydrogens is 300 g/mol. The van der Waals surface area contributed by atoms with Gasteiger partial charge in [0.15, 0.2) is 0 Å². The Kier molecular flexibility index (Phi) is 8.20. The quantitative estimate of drug-likeness (QED) is 0.439. The van der Waals surface area contributed by atoms with Gasteiger partial charge in [-0.3, -0.25) is 0 Å². The van der Waals surface area contributed by atoms with E-state index >= 15 is 0 Å². The Morgan fingerprint density at radius 2 is 1.52 bits per heavy atom. The average molecular weight is 327 g/mol. The van der Waals surface area contributed by atoms with Crippen molar-refractivity contribution >= 4 is 25.0 Å². The SMILES string of the molecule is C=N.CC/C(=C\Nc1ccc(-c2ccc(S)cc2)cc1)C(C)C. The molecule has 0 saturated heterocycles. The first-order valence-corrected chi connectivity index (χ1v) is 8.25. The minimum atomic E-state index is 0.585. The van der Waals surface area contributed by atoms with Crippen molar-refractivity contribution in [2.24, 2.45) is 5.92 Å². The van der Waals surface area contributed by atoms with Gasteiger partial charge in [-0.2, -0.15) is 0 Å². The van der Waals surface area contributed by atoms with Crippen molar-refractivity contribution in [1.82, 2.24) is 0 Å². The molecule has 0 fully saturated rings. The number of thiol groups is 1. The molecule has 0 saturated carbocycles. The number of rotatable bonds is 5. The van der Waals surface area contributed by atoms with Crippen molar-refractivity contribution in [3.05, 3.63) is 60.3 Å². The van der Waals surface area contributed by atoms with E-state index in [0.29, 0.717) is 5.92 Å². The summed E-state index contributed by atoms with van der Waals surface area (Å²) >= 11 is 4.32. The molecule has 0 atom stereocenters. The first kappa shape index (κ1) is 19.0. The molecule has 0 radical (unpaired) electrons. The van der Waals surface area contributed by atoms with Crippen LogP contribution in [0.4, 0.5) is 5.69 Å². The van der Waals surface area contributed by atoms with Gasteiger partial charge in [-0.25, -0.2) is 0 Å². The second kappa shape index (κ2) is 9.90. The number of anilines is 1. The molecule has 2 aromatic carbocycles. The fraction of sp³-hybridized carbons (Fsp3) is 0.250. The van der Waals surface area contributed by atoms with E-state index in [2.05, 4.69) is 88.0 Å². The summed E-state index contributed by atoms with van der Waals surface area (Å²) in [5.74, 6) is 0.585. The molecule has 0 unspecified atom stereocenters. The summed E-state index contributed by atoms with van der Waals surface area (Å²) < 4.78 is 0. The maximum absolute atomic E-state index is 5.50. The largest absolute Gasteiger partial charge is 0.362 e. The van der Waals surface area contributed by atoms with Crippen LogP contribution < -0.4 is 5.32 Å². The van der Waals surface area contributed by atoms with E-state index in [0.717, 1.165) is 17.0 Å². The molecule has 3 heteroatoms. The van der Waals surface area contributed by atoms with Crippen LogP contribution in [-0.4, -0.2) is 6.72 Å². The Hall–Kier alpha value is -2.00. The normalized spacial score (nSPS) is 10.9. The summed E-state index contributed by atoms with van der Waals surface area (Å²) in [7, 11) is 0. The summed E-state index contributed by atoms with van der Waals surface area (Å²) in [6.07, 6.45) is 3.22. The Balaban J connectivity index is 0.00000127. The van der Waals surface area contributed by atoms with Crippen molar-refractivity contribution < 1.29 is 0 Å². The van der Waals surface area contributed by atoms with E-state index in [4.69, 9.17) is 5.41 Å². The minimum absolute atomic E-state index is 0.585. The van der Waals surface area contributed by atoms with E-state index < -0.39 is 0 Å². The molecule has 2 nitrogen and oxygen atoms in total. The highest BCUT2D eigenvalue weighted by molar-refractivity contribution is 7.80. The lowest BCUT2D eigenvalue weighted by molar-refractivity contribution is 0.730. The van der Waals surface area contributed by atoms with E-state index in [1.165, 1.54) is 16.7 Å². The Bertz CT molecular complexity index is 613. The first-order chi connectivity index (χ1) is 11.1. The van der Waals surface area contributed by atoms with E-state index in [-0.39, 0.29) is 0 Å². The predicted molar refractivity (Wildman–Crippen MR) is 106 cm³/mol.